The van der Waals surface area contributed by atoms with E-state index in [2.05, 4.69) is 20.7 Å². The zero-order chi connectivity index (χ0) is 12.3. The first-order valence-corrected chi connectivity index (χ1v) is 6.95. The van der Waals surface area contributed by atoms with Gasteiger partial charge in [0.25, 0.3) is 0 Å². The zero-order valence-electron chi connectivity index (χ0n) is 9.49. The molecule has 0 aromatic rings. The van der Waals surface area contributed by atoms with E-state index < -0.39 is 6.36 Å². The van der Waals surface area contributed by atoms with Gasteiger partial charge in [0.05, 0.1) is 6.61 Å². The molecule has 0 spiro atoms. The summed E-state index contributed by atoms with van der Waals surface area (Å²) in [7, 11) is 0. The third-order valence-electron chi connectivity index (χ3n) is 2.29. The van der Waals surface area contributed by atoms with E-state index in [-0.39, 0.29) is 6.61 Å². The molecule has 98 valence electrons. The van der Waals surface area contributed by atoms with Gasteiger partial charge in [0.15, 0.2) is 0 Å². The van der Waals surface area contributed by atoms with Crippen LogP contribution in [-0.2, 0) is 4.74 Å². The second-order valence-corrected chi connectivity index (χ2v) is 4.60. The molecule has 0 aromatic heterocycles. The quantitative estimate of drug-likeness (QED) is 0.406. The maximum absolute atomic E-state index is 11.6. The van der Waals surface area contributed by atoms with Gasteiger partial charge in [-0.3, -0.25) is 4.74 Å². The van der Waals surface area contributed by atoms with Crippen LogP contribution in [0.25, 0.3) is 0 Å². The van der Waals surface area contributed by atoms with Crippen molar-refractivity contribution < 1.29 is 17.9 Å². The lowest BCUT2D eigenvalue weighted by Gasteiger charge is -2.06. The van der Waals surface area contributed by atoms with Gasteiger partial charge in [-0.15, -0.1) is 13.2 Å². The Morgan fingerprint density at radius 2 is 1.19 bits per heavy atom. The molecule has 0 aromatic carbocycles. The largest absolute Gasteiger partial charge is 0.522 e. The molecule has 0 unspecified atom stereocenters. The Labute approximate surface area is 104 Å². The summed E-state index contributed by atoms with van der Waals surface area (Å²) in [5.74, 6) is 0. The van der Waals surface area contributed by atoms with Crippen molar-refractivity contribution in [2.75, 3.05) is 11.9 Å². The summed E-state index contributed by atoms with van der Waals surface area (Å²) < 4.78 is 38.4. The van der Waals surface area contributed by atoms with Gasteiger partial charge in [-0.05, 0) is 12.8 Å². The van der Waals surface area contributed by atoms with Crippen molar-refractivity contribution in [2.24, 2.45) is 0 Å². The first kappa shape index (κ1) is 16.2. The summed E-state index contributed by atoms with van der Waals surface area (Å²) in [6.45, 7) is -0.201. The first-order valence-electron chi connectivity index (χ1n) is 5.83. The highest BCUT2D eigenvalue weighted by Gasteiger charge is 2.28. The van der Waals surface area contributed by atoms with E-state index in [1.54, 1.807) is 0 Å². The van der Waals surface area contributed by atoms with Crippen molar-refractivity contribution in [1.82, 2.24) is 0 Å². The lowest BCUT2D eigenvalue weighted by atomic mass is 10.1. The van der Waals surface area contributed by atoms with Gasteiger partial charge in [0, 0.05) is 5.33 Å². The minimum absolute atomic E-state index is 0.201. The molecular weight excluding hydrogens is 285 g/mol. The van der Waals surface area contributed by atoms with Crippen LogP contribution in [-0.4, -0.2) is 18.3 Å². The van der Waals surface area contributed by atoms with Crippen molar-refractivity contribution >= 4 is 15.9 Å². The maximum atomic E-state index is 11.6. The average Bonchev–Trinajstić information content (AvgIpc) is 2.19. The number of ether oxygens (including phenoxy) is 1. The van der Waals surface area contributed by atoms with Crippen LogP contribution in [0, 0.1) is 0 Å². The van der Waals surface area contributed by atoms with E-state index >= 15 is 0 Å². The molecule has 0 heterocycles. The van der Waals surface area contributed by atoms with Gasteiger partial charge in [-0.1, -0.05) is 54.5 Å². The van der Waals surface area contributed by atoms with E-state index in [1.165, 1.54) is 25.7 Å². The van der Waals surface area contributed by atoms with Crippen LogP contribution in [0.1, 0.15) is 51.4 Å². The predicted molar refractivity (Wildman–Crippen MR) is 62.7 cm³/mol. The highest BCUT2D eigenvalue weighted by molar-refractivity contribution is 9.09. The van der Waals surface area contributed by atoms with Crippen molar-refractivity contribution in [1.29, 1.82) is 0 Å². The molecule has 5 heteroatoms. The van der Waals surface area contributed by atoms with Crippen molar-refractivity contribution in [3.8, 4) is 0 Å². The maximum Gasteiger partial charge on any atom is 0.522 e. The summed E-state index contributed by atoms with van der Waals surface area (Å²) in [5, 5.41) is 1.06. The average molecular weight is 305 g/mol. The van der Waals surface area contributed by atoms with E-state index in [0.717, 1.165) is 24.6 Å². The first-order chi connectivity index (χ1) is 7.56. The lowest BCUT2D eigenvalue weighted by Crippen LogP contribution is -2.13. The van der Waals surface area contributed by atoms with Gasteiger partial charge < -0.3 is 0 Å². The Kier molecular flexibility index (Phi) is 10.5. The van der Waals surface area contributed by atoms with E-state index in [4.69, 9.17) is 0 Å². The van der Waals surface area contributed by atoms with Gasteiger partial charge >= 0.3 is 6.36 Å². The standard InChI is InChI=1S/C11H20BrF3O/c12-9-7-5-3-1-2-4-6-8-10-16-11(13,14)15/h1-10H2. The Balaban J connectivity index is 2.99. The number of unbranched alkanes of at least 4 members (excludes halogenated alkanes) is 7. The number of rotatable bonds is 10. The van der Waals surface area contributed by atoms with Crippen molar-refractivity contribution in [3.63, 3.8) is 0 Å². The molecular formula is C11H20BrF3O. The van der Waals surface area contributed by atoms with Crippen LogP contribution < -0.4 is 0 Å². The Hall–Kier alpha value is 0.230. The molecule has 0 saturated carbocycles. The van der Waals surface area contributed by atoms with E-state index in [0.29, 0.717) is 6.42 Å². The molecule has 0 amide bonds. The smallest absolute Gasteiger partial charge is 0.292 e. The third-order valence-corrected chi connectivity index (χ3v) is 2.85. The highest BCUT2D eigenvalue weighted by atomic mass is 79.9. The fraction of sp³-hybridized carbons (Fsp3) is 1.00. The van der Waals surface area contributed by atoms with Crippen LogP contribution in [0.5, 0.6) is 0 Å². The number of halogens is 4. The summed E-state index contributed by atoms with van der Waals surface area (Å²) >= 11 is 3.37. The lowest BCUT2D eigenvalue weighted by molar-refractivity contribution is -0.324. The molecule has 1 nitrogen and oxygen atoms in total. The van der Waals surface area contributed by atoms with Crippen molar-refractivity contribution in [3.05, 3.63) is 0 Å². The molecule has 0 bridgehead atoms. The van der Waals surface area contributed by atoms with Crippen LogP contribution in [0.15, 0.2) is 0 Å². The third kappa shape index (κ3) is 14.2. The summed E-state index contributed by atoms with van der Waals surface area (Å²) in [5.41, 5.74) is 0. The van der Waals surface area contributed by atoms with Crippen LogP contribution in [0.3, 0.4) is 0 Å². The van der Waals surface area contributed by atoms with Gasteiger partial charge in [0.1, 0.15) is 0 Å². The minimum atomic E-state index is -4.46. The van der Waals surface area contributed by atoms with Crippen LogP contribution in [0.2, 0.25) is 0 Å². The molecule has 0 radical (unpaired) electrons. The van der Waals surface area contributed by atoms with Crippen LogP contribution in [0.4, 0.5) is 13.2 Å². The fourth-order valence-corrected chi connectivity index (χ4v) is 1.84. The van der Waals surface area contributed by atoms with Gasteiger partial charge in [0.2, 0.25) is 0 Å². The molecule has 16 heavy (non-hydrogen) atoms. The number of hydrogen-bond donors (Lipinski definition) is 0. The molecule has 0 atom stereocenters. The zero-order valence-corrected chi connectivity index (χ0v) is 11.1. The topological polar surface area (TPSA) is 9.23 Å². The summed E-state index contributed by atoms with van der Waals surface area (Å²) in [4.78, 5) is 0. The van der Waals surface area contributed by atoms with Gasteiger partial charge in [-0.2, -0.15) is 0 Å². The summed E-state index contributed by atoms with van der Waals surface area (Å²) in [6, 6.07) is 0. The normalized spacial score (nSPS) is 12.0. The SMILES string of the molecule is FC(F)(F)OCCCCCCCCCCBr. The predicted octanol–water partition coefficient (Wildman–Crippen LogP) is 5.04. The molecule has 0 aliphatic rings. The highest BCUT2D eigenvalue weighted by Crippen LogP contribution is 2.17. The fourth-order valence-electron chi connectivity index (χ4n) is 1.45. The monoisotopic (exact) mass is 304 g/mol. The second kappa shape index (κ2) is 10.4. The van der Waals surface area contributed by atoms with E-state index in [9.17, 15) is 13.2 Å². The van der Waals surface area contributed by atoms with Crippen LogP contribution >= 0.6 is 15.9 Å². The van der Waals surface area contributed by atoms with E-state index in [1.807, 2.05) is 0 Å². The second-order valence-electron chi connectivity index (χ2n) is 3.81. The molecule has 0 rings (SSSR count). The molecule has 0 aliphatic heterocycles. The Morgan fingerprint density at radius 3 is 1.62 bits per heavy atom. The Morgan fingerprint density at radius 1 is 0.750 bits per heavy atom. The molecule has 0 aliphatic carbocycles. The molecule has 0 fully saturated rings. The van der Waals surface area contributed by atoms with Crippen molar-refractivity contribution in [2.45, 2.75) is 57.7 Å². The molecule has 0 saturated heterocycles. The molecule has 0 N–H and O–H groups in total. The number of alkyl halides is 4. The number of hydrogen-bond acceptors (Lipinski definition) is 1. The van der Waals surface area contributed by atoms with Gasteiger partial charge in [-0.25, -0.2) is 0 Å². The summed E-state index contributed by atoms with van der Waals surface area (Å²) in [6.07, 6.45) is 3.86. The minimum Gasteiger partial charge on any atom is -0.292 e. The Bertz CT molecular complexity index is 151.